The zero-order valence-corrected chi connectivity index (χ0v) is 15.1. The molecule has 0 heterocycles. The minimum Gasteiger partial charge on any atom is -0.480 e. The summed E-state index contributed by atoms with van der Waals surface area (Å²) in [5, 5.41) is 11.8. The van der Waals surface area contributed by atoms with E-state index in [-0.39, 0.29) is 4.32 Å². The molecular formula is C14H18Cl2N2O2S2. The third-order valence-electron chi connectivity index (χ3n) is 3.05. The van der Waals surface area contributed by atoms with E-state index in [9.17, 15) is 9.90 Å². The first-order valence-corrected chi connectivity index (χ1v) is 8.58. The van der Waals surface area contributed by atoms with Crippen LogP contribution in [0.15, 0.2) is 24.3 Å². The van der Waals surface area contributed by atoms with Gasteiger partial charge in [0, 0.05) is 37.0 Å². The molecule has 22 heavy (non-hydrogen) atoms. The van der Waals surface area contributed by atoms with Crippen molar-refractivity contribution in [2.45, 2.75) is 12.5 Å². The van der Waals surface area contributed by atoms with Crippen LogP contribution in [0.5, 0.6) is 0 Å². The maximum absolute atomic E-state index is 11.2. The molecule has 1 rings (SSSR count). The number of benzene rings is 1. The van der Waals surface area contributed by atoms with Crippen molar-refractivity contribution in [1.29, 1.82) is 0 Å². The molecule has 0 aliphatic carbocycles. The first-order chi connectivity index (χ1) is 10.5. The van der Waals surface area contributed by atoms with E-state index in [0.29, 0.717) is 31.3 Å². The highest BCUT2D eigenvalue weighted by atomic mass is 35.5. The molecule has 8 heteroatoms. The van der Waals surface area contributed by atoms with Crippen molar-refractivity contribution in [2.75, 3.05) is 29.7 Å². The second kappa shape index (κ2) is 10.2. The molecule has 0 aromatic heterocycles. The number of anilines is 1. The summed E-state index contributed by atoms with van der Waals surface area (Å²) in [7, 11) is 0. The van der Waals surface area contributed by atoms with Crippen LogP contribution in [0.3, 0.4) is 0 Å². The molecule has 1 atom stereocenters. The van der Waals surface area contributed by atoms with Crippen LogP contribution < -0.4 is 10.2 Å². The Morgan fingerprint density at radius 1 is 1.27 bits per heavy atom. The second-order valence-electron chi connectivity index (χ2n) is 4.58. The van der Waals surface area contributed by atoms with E-state index in [1.807, 2.05) is 24.3 Å². The molecule has 0 amide bonds. The Balaban J connectivity index is 2.78. The largest absolute Gasteiger partial charge is 0.480 e. The van der Waals surface area contributed by atoms with Gasteiger partial charge in [0.25, 0.3) is 0 Å². The number of nitrogens with one attached hydrogen (secondary N) is 1. The Bertz CT molecular complexity index is 494. The lowest BCUT2D eigenvalue weighted by molar-refractivity contribution is -0.138. The van der Waals surface area contributed by atoms with E-state index in [1.54, 1.807) is 0 Å². The average molecular weight is 381 g/mol. The fraction of sp³-hybridized carbons (Fsp3) is 0.429. The van der Waals surface area contributed by atoms with Gasteiger partial charge in [-0.2, -0.15) is 0 Å². The summed E-state index contributed by atoms with van der Waals surface area (Å²) in [5.41, 5.74) is 1.90. The van der Waals surface area contributed by atoms with Crippen LogP contribution in [-0.2, 0) is 11.2 Å². The second-order valence-corrected chi connectivity index (χ2v) is 6.49. The molecule has 0 aliphatic heterocycles. The summed E-state index contributed by atoms with van der Waals surface area (Å²) in [4.78, 5) is 13.3. The van der Waals surface area contributed by atoms with Gasteiger partial charge in [-0.25, -0.2) is 4.79 Å². The molecule has 0 radical (unpaired) electrons. The van der Waals surface area contributed by atoms with E-state index < -0.39 is 12.0 Å². The number of carbonyl (C=O) groups is 1. The Labute approximate surface area is 151 Å². The van der Waals surface area contributed by atoms with Gasteiger partial charge < -0.3 is 15.3 Å². The molecule has 0 aliphatic rings. The minimum atomic E-state index is -0.966. The molecule has 0 saturated heterocycles. The van der Waals surface area contributed by atoms with Gasteiger partial charge in [-0.15, -0.1) is 35.8 Å². The van der Waals surface area contributed by atoms with Crippen molar-refractivity contribution in [2.24, 2.45) is 0 Å². The summed E-state index contributed by atoms with van der Waals surface area (Å²) in [6, 6.07) is 6.87. The quantitative estimate of drug-likeness (QED) is 0.349. The molecule has 1 aromatic rings. The van der Waals surface area contributed by atoms with E-state index in [1.165, 1.54) is 0 Å². The van der Waals surface area contributed by atoms with Gasteiger partial charge in [0.1, 0.15) is 10.4 Å². The number of nitrogens with zero attached hydrogens (tertiary/aromatic N) is 1. The molecule has 0 fully saturated rings. The zero-order valence-electron chi connectivity index (χ0n) is 11.8. The van der Waals surface area contributed by atoms with Gasteiger partial charge in [-0.05, 0) is 17.7 Å². The van der Waals surface area contributed by atoms with Crippen LogP contribution in [0.2, 0.25) is 0 Å². The summed E-state index contributed by atoms with van der Waals surface area (Å²) < 4.78 is 0.166. The van der Waals surface area contributed by atoms with Crippen molar-refractivity contribution in [3.05, 3.63) is 29.8 Å². The number of thiol groups is 1. The predicted molar refractivity (Wildman–Crippen MR) is 99.9 cm³/mol. The van der Waals surface area contributed by atoms with Crippen molar-refractivity contribution in [3.63, 3.8) is 0 Å². The van der Waals surface area contributed by atoms with Crippen LogP contribution in [-0.4, -0.2) is 46.3 Å². The number of carboxylic acids is 1. The van der Waals surface area contributed by atoms with Gasteiger partial charge in [0.2, 0.25) is 0 Å². The van der Waals surface area contributed by atoms with Crippen molar-refractivity contribution in [1.82, 2.24) is 5.32 Å². The van der Waals surface area contributed by atoms with Crippen LogP contribution in [0, 0.1) is 0 Å². The van der Waals surface area contributed by atoms with E-state index in [2.05, 4.69) is 22.8 Å². The summed E-state index contributed by atoms with van der Waals surface area (Å²) >= 11 is 20.3. The molecule has 0 spiro atoms. The number of hydrogen-bond donors (Lipinski definition) is 3. The van der Waals surface area contributed by atoms with Crippen molar-refractivity contribution >= 4 is 64.0 Å². The van der Waals surface area contributed by atoms with E-state index in [0.717, 1.165) is 11.3 Å². The van der Waals surface area contributed by atoms with Gasteiger partial charge in [0.15, 0.2) is 0 Å². The summed E-state index contributed by atoms with van der Waals surface area (Å²) in [5.74, 6) is 0.0675. The Morgan fingerprint density at radius 3 is 2.23 bits per heavy atom. The number of carboxylic acid groups (broad SMARTS) is 1. The van der Waals surface area contributed by atoms with Crippen LogP contribution in [0.4, 0.5) is 5.69 Å². The summed E-state index contributed by atoms with van der Waals surface area (Å²) in [6.07, 6.45) is 0.321. The smallest absolute Gasteiger partial charge is 0.326 e. The molecule has 0 unspecified atom stereocenters. The highest BCUT2D eigenvalue weighted by Gasteiger charge is 2.18. The Hall–Kier alpha value is -0.690. The molecule has 0 bridgehead atoms. The Kier molecular flexibility index (Phi) is 8.93. The van der Waals surface area contributed by atoms with E-state index >= 15 is 0 Å². The lowest BCUT2D eigenvalue weighted by atomic mass is 10.1. The number of thiocarbonyl (C=S) groups is 1. The molecule has 4 nitrogen and oxygen atoms in total. The zero-order chi connectivity index (χ0) is 16.5. The molecule has 0 saturated carbocycles. The lowest BCUT2D eigenvalue weighted by Gasteiger charge is -2.23. The number of hydrogen-bond acceptors (Lipinski definition) is 3. The third-order valence-corrected chi connectivity index (χ3v) is 3.63. The number of rotatable bonds is 9. The standard InChI is InChI=1S/C14H18Cl2N2O2S2/c15-5-7-18(8-6-16)11-3-1-10(2-4-11)9-12(13(19)20)17-14(21)22/h1-4,12H,5-9H2,(H,19,20)(H2,17,21,22)/t12-/m0/s1. The third kappa shape index (κ3) is 6.60. The SMILES string of the molecule is O=C(O)[C@H](Cc1ccc(N(CCCl)CCCl)cc1)NC(=S)S. The van der Waals surface area contributed by atoms with Crippen LogP contribution >= 0.6 is 48.0 Å². The van der Waals surface area contributed by atoms with Gasteiger partial charge in [0.05, 0.1) is 0 Å². The predicted octanol–water partition coefficient (Wildman–Crippen LogP) is 2.77. The molecule has 1 aromatic carbocycles. The fourth-order valence-electron chi connectivity index (χ4n) is 2.00. The first kappa shape index (κ1) is 19.4. The maximum atomic E-state index is 11.2. The highest BCUT2D eigenvalue weighted by Crippen LogP contribution is 2.16. The number of halogens is 2. The van der Waals surface area contributed by atoms with Gasteiger partial charge in [-0.1, -0.05) is 24.4 Å². The lowest BCUT2D eigenvalue weighted by Crippen LogP contribution is -2.39. The minimum absolute atomic E-state index is 0.166. The van der Waals surface area contributed by atoms with E-state index in [4.69, 9.17) is 35.4 Å². The molecule has 2 N–H and O–H groups in total. The fourth-order valence-corrected chi connectivity index (χ4v) is 2.71. The van der Waals surface area contributed by atoms with Crippen LogP contribution in [0.1, 0.15) is 5.56 Å². The molecule has 122 valence electrons. The van der Waals surface area contributed by atoms with Gasteiger partial charge >= 0.3 is 5.97 Å². The Morgan fingerprint density at radius 2 is 1.82 bits per heavy atom. The first-order valence-electron chi connectivity index (χ1n) is 6.66. The topological polar surface area (TPSA) is 52.6 Å². The number of aliphatic carboxylic acids is 1. The molecular weight excluding hydrogens is 363 g/mol. The van der Waals surface area contributed by atoms with Gasteiger partial charge in [-0.3, -0.25) is 0 Å². The maximum Gasteiger partial charge on any atom is 0.326 e. The summed E-state index contributed by atoms with van der Waals surface area (Å²) in [6.45, 7) is 1.42. The van der Waals surface area contributed by atoms with Crippen LogP contribution in [0.25, 0.3) is 0 Å². The average Bonchev–Trinajstić information content (AvgIpc) is 2.46. The number of alkyl halides is 2. The highest BCUT2D eigenvalue weighted by molar-refractivity contribution is 8.11. The van der Waals surface area contributed by atoms with Crippen molar-refractivity contribution < 1.29 is 9.90 Å². The normalized spacial score (nSPS) is 11.8. The van der Waals surface area contributed by atoms with Crippen molar-refractivity contribution in [3.8, 4) is 0 Å². The monoisotopic (exact) mass is 380 g/mol.